The normalized spacial score (nSPS) is 9.53. The Morgan fingerprint density at radius 1 is 1.47 bits per heavy atom. The third-order valence-corrected chi connectivity index (χ3v) is 2.36. The average molecular weight is 297 g/mol. The summed E-state index contributed by atoms with van der Waals surface area (Å²) < 4.78 is 5.94. The second-order valence-electron chi connectivity index (χ2n) is 2.90. The van der Waals surface area contributed by atoms with Crippen LogP contribution in [0.1, 0.15) is 12.5 Å². The fourth-order valence-electron chi connectivity index (χ4n) is 1.18. The second-order valence-corrected chi connectivity index (χ2v) is 3.81. The minimum Gasteiger partial charge on any atom is -0.504 e. The van der Waals surface area contributed by atoms with Gasteiger partial charge in [-0.15, -0.1) is 12.4 Å². The van der Waals surface area contributed by atoms with E-state index in [4.69, 9.17) is 4.74 Å². The first-order chi connectivity index (χ1) is 6.69. The van der Waals surface area contributed by atoms with Gasteiger partial charge in [0.05, 0.1) is 7.11 Å². The predicted octanol–water partition coefficient (Wildman–Crippen LogP) is 2.69. The van der Waals surface area contributed by atoms with Gasteiger partial charge in [0, 0.05) is 16.6 Å². The van der Waals surface area contributed by atoms with Gasteiger partial charge >= 0.3 is 0 Å². The summed E-state index contributed by atoms with van der Waals surface area (Å²) in [6.07, 6.45) is 0. The summed E-state index contributed by atoms with van der Waals surface area (Å²) >= 11 is 3.36. The Labute approximate surface area is 104 Å². The summed E-state index contributed by atoms with van der Waals surface area (Å²) in [7, 11) is 1.54. The average Bonchev–Trinajstić information content (AvgIpc) is 2.18. The molecule has 2 N–H and O–H groups in total. The number of hydrogen-bond acceptors (Lipinski definition) is 3. The SMILES string of the molecule is CCNCc1cc(Br)cc(OC)c1O.Cl. The molecular formula is C10H15BrClNO2. The number of nitrogens with one attached hydrogen (secondary N) is 1. The molecule has 0 heterocycles. The smallest absolute Gasteiger partial charge is 0.162 e. The second kappa shape index (κ2) is 6.93. The minimum absolute atomic E-state index is 0. The molecule has 3 nitrogen and oxygen atoms in total. The van der Waals surface area contributed by atoms with Crippen LogP contribution in [0.3, 0.4) is 0 Å². The first-order valence-corrected chi connectivity index (χ1v) is 5.24. The Hall–Kier alpha value is -0.450. The largest absolute Gasteiger partial charge is 0.504 e. The molecule has 0 saturated heterocycles. The van der Waals surface area contributed by atoms with Crippen LogP contribution in [0.4, 0.5) is 0 Å². The highest BCUT2D eigenvalue weighted by atomic mass is 79.9. The van der Waals surface area contributed by atoms with Gasteiger partial charge in [-0.3, -0.25) is 0 Å². The summed E-state index contributed by atoms with van der Waals surface area (Å²) in [4.78, 5) is 0. The molecule has 5 heteroatoms. The van der Waals surface area contributed by atoms with Crippen molar-refractivity contribution in [3.63, 3.8) is 0 Å². The van der Waals surface area contributed by atoms with Crippen molar-refractivity contribution in [1.29, 1.82) is 0 Å². The van der Waals surface area contributed by atoms with Crippen LogP contribution in [0.5, 0.6) is 11.5 Å². The number of benzene rings is 1. The highest BCUT2D eigenvalue weighted by Crippen LogP contribution is 2.33. The molecule has 1 aromatic carbocycles. The Balaban J connectivity index is 0.00000196. The van der Waals surface area contributed by atoms with Gasteiger partial charge in [-0.1, -0.05) is 22.9 Å². The summed E-state index contributed by atoms with van der Waals surface area (Å²) in [6, 6.07) is 3.62. The molecule has 0 bridgehead atoms. The molecule has 86 valence electrons. The van der Waals surface area contributed by atoms with Gasteiger partial charge < -0.3 is 15.2 Å². The van der Waals surface area contributed by atoms with Crippen molar-refractivity contribution < 1.29 is 9.84 Å². The number of methoxy groups -OCH3 is 1. The maximum absolute atomic E-state index is 9.75. The van der Waals surface area contributed by atoms with Gasteiger partial charge in [0.1, 0.15) is 0 Å². The number of phenols is 1. The zero-order valence-corrected chi connectivity index (χ0v) is 11.1. The molecule has 0 spiro atoms. The molecule has 0 aromatic heterocycles. The van der Waals surface area contributed by atoms with Crippen LogP contribution in [0, 0.1) is 0 Å². The molecule has 0 amide bonds. The van der Waals surface area contributed by atoms with Crippen molar-refractivity contribution in [2.75, 3.05) is 13.7 Å². The lowest BCUT2D eigenvalue weighted by atomic mass is 10.2. The molecule has 1 rings (SSSR count). The fraction of sp³-hybridized carbons (Fsp3) is 0.400. The molecule has 0 atom stereocenters. The van der Waals surface area contributed by atoms with Crippen LogP contribution < -0.4 is 10.1 Å². The number of ether oxygens (including phenoxy) is 1. The molecule has 0 aliphatic carbocycles. The van der Waals surface area contributed by atoms with Gasteiger partial charge in [-0.25, -0.2) is 0 Å². The highest BCUT2D eigenvalue weighted by Gasteiger charge is 2.08. The van der Waals surface area contributed by atoms with E-state index < -0.39 is 0 Å². The molecule has 0 saturated carbocycles. The molecule has 0 fully saturated rings. The summed E-state index contributed by atoms with van der Waals surface area (Å²) in [6.45, 7) is 3.53. The number of hydrogen-bond donors (Lipinski definition) is 2. The Morgan fingerprint density at radius 3 is 2.67 bits per heavy atom. The van der Waals surface area contributed by atoms with E-state index in [1.165, 1.54) is 0 Å². The van der Waals surface area contributed by atoms with Crippen LogP contribution >= 0.6 is 28.3 Å². The molecule has 1 aromatic rings. The number of phenolic OH excluding ortho intramolecular Hbond substituents is 1. The van der Waals surface area contributed by atoms with Crippen molar-refractivity contribution in [2.24, 2.45) is 0 Å². The molecule has 15 heavy (non-hydrogen) atoms. The van der Waals surface area contributed by atoms with E-state index in [0.29, 0.717) is 12.3 Å². The lowest BCUT2D eigenvalue weighted by Crippen LogP contribution is -2.12. The quantitative estimate of drug-likeness (QED) is 0.897. The van der Waals surface area contributed by atoms with Crippen LogP contribution in [-0.4, -0.2) is 18.8 Å². The zero-order chi connectivity index (χ0) is 10.6. The van der Waals surface area contributed by atoms with E-state index in [1.54, 1.807) is 13.2 Å². The fourth-order valence-corrected chi connectivity index (χ4v) is 1.66. The Morgan fingerprint density at radius 2 is 2.13 bits per heavy atom. The van der Waals surface area contributed by atoms with Gasteiger partial charge in [-0.2, -0.15) is 0 Å². The van der Waals surface area contributed by atoms with Crippen LogP contribution in [0.15, 0.2) is 16.6 Å². The molecule has 0 aliphatic heterocycles. The standard InChI is InChI=1S/C10H14BrNO2.ClH/c1-3-12-6-7-4-8(11)5-9(14-2)10(7)13;/h4-5,12-13H,3,6H2,1-2H3;1H. The van der Waals surface area contributed by atoms with E-state index in [9.17, 15) is 5.11 Å². The Bertz CT molecular complexity index is 321. The van der Waals surface area contributed by atoms with E-state index >= 15 is 0 Å². The molecule has 0 unspecified atom stereocenters. The van der Waals surface area contributed by atoms with Crippen molar-refractivity contribution in [3.05, 3.63) is 22.2 Å². The Kier molecular flexibility index (Phi) is 6.72. The third-order valence-electron chi connectivity index (χ3n) is 1.90. The summed E-state index contributed by atoms with van der Waals surface area (Å²) in [5.41, 5.74) is 0.832. The molecular weight excluding hydrogens is 281 g/mol. The van der Waals surface area contributed by atoms with E-state index in [1.807, 2.05) is 13.0 Å². The van der Waals surface area contributed by atoms with Crippen molar-refractivity contribution >= 4 is 28.3 Å². The van der Waals surface area contributed by atoms with Crippen molar-refractivity contribution in [1.82, 2.24) is 5.32 Å². The minimum atomic E-state index is 0. The number of rotatable bonds is 4. The molecule has 0 radical (unpaired) electrons. The van der Waals surface area contributed by atoms with Gasteiger partial charge in [0.2, 0.25) is 0 Å². The maximum atomic E-state index is 9.75. The monoisotopic (exact) mass is 295 g/mol. The predicted molar refractivity (Wildman–Crippen MR) is 67.0 cm³/mol. The zero-order valence-electron chi connectivity index (χ0n) is 8.71. The summed E-state index contributed by atoms with van der Waals surface area (Å²) in [5.74, 6) is 0.698. The third kappa shape index (κ3) is 3.89. The van der Waals surface area contributed by atoms with Crippen LogP contribution in [0.25, 0.3) is 0 Å². The number of halogens is 2. The van der Waals surface area contributed by atoms with E-state index in [-0.39, 0.29) is 18.2 Å². The van der Waals surface area contributed by atoms with Gasteiger partial charge in [0.15, 0.2) is 11.5 Å². The first-order valence-electron chi connectivity index (χ1n) is 4.45. The van der Waals surface area contributed by atoms with E-state index in [2.05, 4.69) is 21.2 Å². The van der Waals surface area contributed by atoms with E-state index in [0.717, 1.165) is 16.6 Å². The van der Waals surface area contributed by atoms with Gasteiger partial charge in [0.25, 0.3) is 0 Å². The van der Waals surface area contributed by atoms with Crippen molar-refractivity contribution in [2.45, 2.75) is 13.5 Å². The topological polar surface area (TPSA) is 41.5 Å². The van der Waals surface area contributed by atoms with Gasteiger partial charge in [-0.05, 0) is 18.7 Å². The van der Waals surface area contributed by atoms with Crippen LogP contribution in [-0.2, 0) is 6.54 Å². The lowest BCUT2D eigenvalue weighted by molar-refractivity contribution is 0.369. The summed E-state index contributed by atoms with van der Waals surface area (Å²) in [5, 5.41) is 12.9. The number of aromatic hydroxyl groups is 1. The maximum Gasteiger partial charge on any atom is 0.162 e. The highest BCUT2D eigenvalue weighted by molar-refractivity contribution is 9.10. The lowest BCUT2D eigenvalue weighted by Gasteiger charge is -2.10. The van der Waals surface area contributed by atoms with Crippen LogP contribution in [0.2, 0.25) is 0 Å². The molecule has 0 aliphatic rings. The van der Waals surface area contributed by atoms with Crippen molar-refractivity contribution in [3.8, 4) is 11.5 Å². The first kappa shape index (κ1) is 14.6.